The Morgan fingerprint density at radius 2 is 1.52 bits per heavy atom. The molecule has 0 saturated heterocycles. The normalized spacial score (nSPS) is 11.5. The maximum atomic E-state index is 13.7. The van der Waals surface area contributed by atoms with Crippen molar-refractivity contribution < 1.29 is 4.39 Å². The molecule has 0 unspecified atom stereocenters. The van der Waals surface area contributed by atoms with Crippen molar-refractivity contribution in [1.82, 2.24) is 0 Å². The van der Waals surface area contributed by atoms with E-state index in [1.807, 2.05) is 30.3 Å². The third-order valence-electron chi connectivity index (χ3n) is 3.63. The summed E-state index contributed by atoms with van der Waals surface area (Å²) in [6.45, 7) is 0. The summed E-state index contributed by atoms with van der Waals surface area (Å²) in [5.74, 6) is -0.331. The fraction of sp³-hybridized carbons (Fsp3) is 0. The number of hydrogen-bond donors (Lipinski definition) is 0. The first kappa shape index (κ1) is 12.9. The number of hydrogen-bond acceptors (Lipinski definition) is 2. The standard InChI is InChI=1S/C17H8BrFOS/c18-15-8-14-10-3-1-2-4-11(10)16(20)12-6-5-9(19)7-13(12)17(14)21-15/h1-8H. The molecule has 4 heteroatoms. The molecule has 4 aromatic rings. The first-order valence-corrected chi connectivity index (χ1v) is 7.99. The second-order valence-corrected chi connectivity index (χ2v) is 7.29. The molecule has 1 nitrogen and oxygen atoms in total. The van der Waals surface area contributed by atoms with Gasteiger partial charge in [0.1, 0.15) is 5.82 Å². The molecule has 3 aromatic carbocycles. The van der Waals surface area contributed by atoms with Gasteiger partial charge in [0.2, 0.25) is 0 Å². The van der Waals surface area contributed by atoms with E-state index in [4.69, 9.17) is 0 Å². The molecule has 0 aliphatic heterocycles. The molecule has 0 atom stereocenters. The van der Waals surface area contributed by atoms with E-state index in [0.717, 1.165) is 19.3 Å². The molecule has 0 N–H and O–H groups in total. The van der Waals surface area contributed by atoms with Crippen molar-refractivity contribution in [3.8, 4) is 0 Å². The van der Waals surface area contributed by atoms with E-state index in [1.165, 1.54) is 23.5 Å². The summed E-state index contributed by atoms with van der Waals surface area (Å²) < 4.78 is 15.6. The van der Waals surface area contributed by atoms with Gasteiger partial charge in [-0.1, -0.05) is 24.3 Å². The largest absolute Gasteiger partial charge is 0.289 e. The molecule has 1 aromatic heterocycles. The molecular weight excluding hydrogens is 351 g/mol. The third kappa shape index (κ3) is 1.90. The molecule has 4 rings (SSSR count). The van der Waals surface area contributed by atoms with E-state index in [-0.39, 0.29) is 11.2 Å². The highest BCUT2D eigenvalue weighted by Crippen LogP contribution is 2.37. The van der Waals surface area contributed by atoms with Crippen LogP contribution < -0.4 is 5.43 Å². The summed E-state index contributed by atoms with van der Waals surface area (Å²) in [5.41, 5.74) is -0.0554. The van der Waals surface area contributed by atoms with Crippen LogP contribution in [0.2, 0.25) is 0 Å². The minimum atomic E-state index is -0.331. The average molecular weight is 359 g/mol. The van der Waals surface area contributed by atoms with Gasteiger partial charge in [-0.2, -0.15) is 0 Å². The number of halogens is 2. The molecule has 0 saturated carbocycles. The summed E-state index contributed by atoms with van der Waals surface area (Å²) in [6.07, 6.45) is 0. The monoisotopic (exact) mass is 358 g/mol. The second-order valence-electron chi connectivity index (χ2n) is 4.86. The number of benzene rings is 2. The summed E-state index contributed by atoms with van der Waals surface area (Å²) in [5, 5.41) is 3.75. The summed E-state index contributed by atoms with van der Waals surface area (Å²) in [7, 11) is 0. The molecule has 0 fully saturated rings. The zero-order valence-corrected chi connectivity index (χ0v) is 13.1. The lowest BCUT2D eigenvalue weighted by Gasteiger charge is -1.93. The Morgan fingerprint density at radius 1 is 0.857 bits per heavy atom. The highest BCUT2D eigenvalue weighted by atomic mass is 79.9. The van der Waals surface area contributed by atoms with Crippen LogP contribution in [0.25, 0.3) is 31.6 Å². The maximum absolute atomic E-state index is 13.7. The lowest BCUT2D eigenvalue weighted by molar-refractivity contribution is 0.630. The van der Waals surface area contributed by atoms with Crippen LogP contribution in [0.1, 0.15) is 0 Å². The maximum Gasteiger partial charge on any atom is 0.194 e. The fourth-order valence-electron chi connectivity index (χ4n) is 2.72. The van der Waals surface area contributed by atoms with E-state index < -0.39 is 0 Å². The van der Waals surface area contributed by atoms with Gasteiger partial charge in [0, 0.05) is 26.2 Å². The number of fused-ring (bicyclic) bond motifs is 5. The second kappa shape index (κ2) is 4.61. The molecule has 0 spiro atoms. The summed E-state index contributed by atoms with van der Waals surface area (Å²) in [6, 6.07) is 13.9. The predicted octanol–water partition coefficient (Wildman–Crippen LogP) is 5.47. The molecule has 0 aliphatic rings. The van der Waals surface area contributed by atoms with Gasteiger partial charge >= 0.3 is 0 Å². The average Bonchev–Trinajstić information content (AvgIpc) is 2.84. The van der Waals surface area contributed by atoms with Gasteiger partial charge < -0.3 is 0 Å². The molecule has 21 heavy (non-hydrogen) atoms. The van der Waals surface area contributed by atoms with Crippen LogP contribution in [-0.2, 0) is 0 Å². The van der Waals surface area contributed by atoms with Crippen LogP contribution in [0.3, 0.4) is 0 Å². The summed E-state index contributed by atoms with van der Waals surface area (Å²) >= 11 is 5.01. The Hall–Kier alpha value is -1.78. The Kier molecular flexibility index (Phi) is 2.84. The van der Waals surface area contributed by atoms with Crippen LogP contribution in [0.15, 0.2) is 57.1 Å². The van der Waals surface area contributed by atoms with Gasteiger partial charge in [-0.25, -0.2) is 4.39 Å². The zero-order chi connectivity index (χ0) is 14.6. The van der Waals surface area contributed by atoms with Crippen LogP contribution in [0.4, 0.5) is 4.39 Å². The van der Waals surface area contributed by atoms with Crippen LogP contribution in [-0.4, -0.2) is 0 Å². The van der Waals surface area contributed by atoms with Crippen LogP contribution in [0.5, 0.6) is 0 Å². The predicted molar refractivity (Wildman–Crippen MR) is 90.8 cm³/mol. The zero-order valence-electron chi connectivity index (χ0n) is 10.7. The van der Waals surface area contributed by atoms with E-state index in [2.05, 4.69) is 15.9 Å². The van der Waals surface area contributed by atoms with Gasteiger partial charge in [-0.05, 0) is 45.6 Å². The van der Waals surface area contributed by atoms with Crippen LogP contribution in [0, 0.1) is 5.82 Å². The SMILES string of the molecule is O=c1c2ccccc2c2cc(Br)sc2c2cc(F)ccc12. The third-order valence-corrected chi connectivity index (χ3v) is 5.31. The highest BCUT2D eigenvalue weighted by molar-refractivity contribution is 9.11. The smallest absolute Gasteiger partial charge is 0.194 e. The van der Waals surface area contributed by atoms with E-state index >= 15 is 0 Å². The molecule has 0 bridgehead atoms. The number of thiophene rings is 1. The van der Waals surface area contributed by atoms with Gasteiger partial charge in [0.25, 0.3) is 0 Å². The van der Waals surface area contributed by atoms with Crippen molar-refractivity contribution in [2.45, 2.75) is 0 Å². The molecule has 102 valence electrons. The minimum absolute atomic E-state index is 0.0554. The van der Waals surface area contributed by atoms with Crippen molar-refractivity contribution in [3.63, 3.8) is 0 Å². The Bertz CT molecular complexity index is 1080. The highest BCUT2D eigenvalue weighted by Gasteiger charge is 2.11. The minimum Gasteiger partial charge on any atom is -0.289 e. The lowest BCUT2D eigenvalue weighted by Crippen LogP contribution is -1.98. The van der Waals surface area contributed by atoms with E-state index in [0.29, 0.717) is 16.2 Å². The molecule has 0 amide bonds. The first-order valence-electron chi connectivity index (χ1n) is 6.38. The molecule has 0 radical (unpaired) electrons. The van der Waals surface area contributed by atoms with Crippen molar-refractivity contribution in [3.05, 3.63) is 68.4 Å². The molecular formula is C17H8BrFOS. The topological polar surface area (TPSA) is 17.1 Å². The Labute approximate surface area is 131 Å². The molecule has 0 aliphatic carbocycles. The van der Waals surface area contributed by atoms with Gasteiger partial charge in [-0.15, -0.1) is 11.3 Å². The van der Waals surface area contributed by atoms with Gasteiger partial charge in [-0.3, -0.25) is 4.79 Å². The van der Waals surface area contributed by atoms with Gasteiger partial charge in [0.05, 0.1) is 3.79 Å². The summed E-state index contributed by atoms with van der Waals surface area (Å²) in [4.78, 5) is 12.8. The first-order chi connectivity index (χ1) is 10.1. The Morgan fingerprint density at radius 3 is 2.33 bits per heavy atom. The van der Waals surface area contributed by atoms with Crippen molar-refractivity contribution >= 4 is 58.9 Å². The van der Waals surface area contributed by atoms with E-state index in [9.17, 15) is 9.18 Å². The van der Waals surface area contributed by atoms with Crippen molar-refractivity contribution in [2.75, 3.05) is 0 Å². The lowest BCUT2D eigenvalue weighted by atomic mass is 10.1. The van der Waals surface area contributed by atoms with Crippen LogP contribution >= 0.6 is 27.3 Å². The number of rotatable bonds is 0. The van der Waals surface area contributed by atoms with E-state index in [1.54, 1.807) is 6.07 Å². The quantitative estimate of drug-likeness (QED) is 0.407. The molecule has 1 heterocycles. The van der Waals surface area contributed by atoms with Crippen molar-refractivity contribution in [2.24, 2.45) is 0 Å². The van der Waals surface area contributed by atoms with Gasteiger partial charge in [0.15, 0.2) is 5.43 Å². The Balaban J connectivity index is 2.50. The fourth-order valence-corrected chi connectivity index (χ4v) is 4.37. The van der Waals surface area contributed by atoms with Crippen molar-refractivity contribution in [1.29, 1.82) is 0 Å².